The van der Waals surface area contributed by atoms with Crippen molar-refractivity contribution in [3.8, 4) is 17.2 Å². The van der Waals surface area contributed by atoms with Gasteiger partial charge in [0.25, 0.3) is 5.78 Å². The summed E-state index contributed by atoms with van der Waals surface area (Å²) < 4.78 is 17.3. The van der Waals surface area contributed by atoms with Crippen molar-refractivity contribution in [2.45, 2.75) is 13.0 Å². The molecule has 9 heteroatoms. The van der Waals surface area contributed by atoms with Crippen molar-refractivity contribution >= 4 is 44.1 Å². The summed E-state index contributed by atoms with van der Waals surface area (Å²) >= 11 is 1.30. The number of aromatic nitrogens is 1. The van der Waals surface area contributed by atoms with Crippen LogP contribution in [0.2, 0.25) is 0 Å². The molecule has 1 fully saturated rings. The Kier molecular flexibility index (Phi) is 6.31. The van der Waals surface area contributed by atoms with Crippen LogP contribution in [0.4, 0.5) is 5.13 Å². The molecule has 1 amide bonds. The number of fused-ring (bicyclic) bond motifs is 1. The van der Waals surface area contributed by atoms with Crippen LogP contribution < -0.4 is 19.1 Å². The second-order valence-electron chi connectivity index (χ2n) is 8.45. The lowest BCUT2D eigenvalue weighted by atomic mass is 9.94. The Bertz CT molecular complexity index is 1570. The summed E-state index contributed by atoms with van der Waals surface area (Å²) in [4.78, 5) is 33.1. The third-order valence-corrected chi connectivity index (χ3v) is 7.27. The third-order valence-electron chi connectivity index (χ3n) is 6.25. The van der Waals surface area contributed by atoms with E-state index in [-0.39, 0.29) is 11.3 Å². The Morgan fingerprint density at radius 2 is 1.76 bits per heavy atom. The summed E-state index contributed by atoms with van der Waals surface area (Å²) in [7, 11) is 4.49. The van der Waals surface area contributed by atoms with Crippen LogP contribution in [0.5, 0.6) is 17.2 Å². The molecular weight excluding hydrogens is 492 g/mol. The van der Waals surface area contributed by atoms with Gasteiger partial charge in [-0.15, -0.1) is 0 Å². The Balaban J connectivity index is 1.79. The van der Waals surface area contributed by atoms with E-state index in [1.54, 1.807) is 42.5 Å². The van der Waals surface area contributed by atoms with Gasteiger partial charge in [0.1, 0.15) is 17.6 Å². The zero-order valence-electron chi connectivity index (χ0n) is 20.6. The van der Waals surface area contributed by atoms with Crippen LogP contribution in [0.15, 0.2) is 66.2 Å². The number of nitrogens with zero attached hydrogens (tertiary/aromatic N) is 2. The molecule has 1 aromatic heterocycles. The van der Waals surface area contributed by atoms with Crippen LogP contribution in [-0.2, 0) is 9.59 Å². The Morgan fingerprint density at radius 1 is 0.973 bits per heavy atom. The van der Waals surface area contributed by atoms with Crippen molar-refractivity contribution in [3.05, 3.63) is 82.9 Å². The van der Waals surface area contributed by atoms with Crippen LogP contribution in [0.25, 0.3) is 16.0 Å². The van der Waals surface area contributed by atoms with Gasteiger partial charge in [0.15, 0.2) is 16.6 Å². The van der Waals surface area contributed by atoms with Gasteiger partial charge in [-0.25, -0.2) is 4.98 Å². The molecular formula is C28H24N2O6S. The third kappa shape index (κ3) is 4.07. The van der Waals surface area contributed by atoms with Gasteiger partial charge in [-0.3, -0.25) is 14.5 Å². The minimum Gasteiger partial charge on any atom is -0.507 e. The lowest BCUT2D eigenvalue weighted by molar-refractivity contribution is -0.132. The predicted molar refractivity (Wildman–Crippen MR) is 142 cm³/mol. The summed E-state index contributed by atoms with van der Waals surface area (Å²) in [6.45, 7) is 1.97. The van der Waals surface area contributed by atoms with E-state index in [1.807, 2.05) is 25.1 Å². The molecule has 0 aliphatic carbocycles. The molecule has 0 bridgehead atoms. The molecule has 3 aromatic carbocycles. The van der Waals surface area contributed by atoms with E-state index < -0.39 is 17.7 Å². The van der Waals surface area contributed by atoms with E-state index in [0.29, 0.717) is 39.0 Å². The molecule has 188 valence electrons. The van der Waals surface area contributed by atoms with Crippen molar-refractivity contribution in [1.29, 1.82) is 0 Å². The first-order chi connectivity index (χ1) is 17.9. The van der Waals surface area contributed by atoms with Crippen LogP contribution in [0, 0.1) is 6.92 Å². The molecule has 8 nitrogen and oxygen atoms in total. The highest BCUT2D eigenvalue weighted by molar-refractivity contribution is 7.22. The largest absolute Gasteiger partial charge is 0.507 e. The van der Waals surface area contributed by atoms with Gasteiger partial charge in [-0.05, 0) is 42.8 Å². The number of aliphatic hydroxyl groups is 1. The molecule has 1 aliphatic rings. The molecule has 5 rings (SSSR count). The number of benzene rings is 3. The number of amides is 1. The summed E-state index contributed by atoms with van der Waals surface area (Å²) in [6, 6.07) is 16.6. The summed E-state index contributed by atoms with van der Waals surface area (Å²) in [6.07, 6.45) is 0. The Morgan fingerprint density at radius 3 is 2.49 bits per heavy atom. The molecule has 37 heavy (non-hydrogen) atoms. The number of aliphatic hydroxyl groups excluding tert-OH is 1. The van der Waals surface area contributed by atoms with Crippen molar-refractivity contribution in [1.82, 2.24) is 4.98 Å². The topological polar surface area (TPSA) is 98.2 Å². The number of ether oxygens (including phenoxy) is 3. The highest BCUT2D eigenvalue weighted by atomic mass is 32.1. The molecule has 1 saturated heterocycles. The van der Waals surface area contributed by atoms with Gasteiger partial charge in [0, 0.05) is 11.1 Å². The quantitative estimate of drug-likeness (QED) is 0.212. The number of Topliss-reactive ketones (excluding diaryl/α,β-unsaturated/α-hetero) is 1. The fraction of sp³-hybridized carbons (Fsp3) is 0.179. The van der Waals surface area contributed by atoms with Crippen molar-refractivity contribution in [2.75, 3.05) is 26.2 Å². The fourth-order valence-corrected chi connectivity index (χ4v) is 5.59. The Labute approximate surface area is 217 Å². The zero-order valence-corrected chi connectivity index (χ0v) is 21.5. The second-order valence-corrected chi connectivity index (χ2v) is 9.46. The lowest BCUT2D eigenvalue weighted by Gasteiger charge is -2.25. The number of aryl methyl sites for hydroxylation is 1. The highest BCUT2D eigenvalue weighted by Crippen LogP contribution is 2.48. The number of hydrogen-bond acceptors (Lipinski definition) is 8. The smallest absolute Gasteiger partial charge is 0.301 e. The molecule has 0 saturated carbocycles. The summed E-state index contributed by atoms with van der Waals surface area (Å²) in [5.74, 6) is -0.690. The monoisotopic (exact) mass is 516 g/mol. The van der Waals surface area contributed by atoms with E-state index in [0.717, 1.165) is 10.3 Å². The van der Waals surface area contributed by atoms with Crippen LogP contribution >= 0.6 is 11.3 Å². The second kappa shape index (κ2) is 9.59. The number of carbonyl (C=O) groups excluding carboxylic acids is 2. The van der Waals surface area contributed by atoms with Crippen LogP contribution in [0.3, 0.4) is 0 Å². The number of thiazole rings is 1. The minimum absolute atomic E-state index is 0.0831. The number of anilines is 1. The molecule has 4 aromatic rings. The first-order valence-corrected chi connectivity index (χ1v) is 12.2. The van der Waals surface area contributed by atoms with E-state index in [1.165, 1.54) is 37.6 Å². The average Bonchev–Trinajstić information content (AvgIpc) is 3.45. The maximum Gasteiger partial charge on any atom is 0.301 e. The fourth-order valence-electron chi connectivity index (χ4n) is 4.50. The molecule has 0 radical (unpaired) electrons. The molecule has 1 aliphatic heterocycles. The van der Waals surface area contributed by atoms with Crippen molar-refractivity contribution in [3.63, 3.8) is 0 Å². The number of para-hydroxylation sites is 1. The minimum atomic E-state index is -1.02. The molecule has 2 heterocycles. The number of methoxy groups -OCH3 is 3. The van der Waals surface area contributed by atoms with E-state index >= 15 is 0 Å². The van der Waals surface area contributed by atoms with Crippen molar-refractivity contribution in [2.24, 2.45) is 0 Å². The molecule has 1 unspecified atom stereocenters. The summed E-state index contributed by atoms with van der Waals surface area (Å²) in [5.41, 5.74) is 2.48. The predicted octanol–water partition coefficient (Wildman–Crippen LogP) is 5.26. The molecule has 1 N–H and O–H groups in total. The number of rotatable bonds is 6. The SMILES string of the molecule is COc1cccc(/C(O)=C2\C(=O)C(=O)N(c3nc4ccc(C)cc4s3)C2c2cccc(OC)c2OC)c1. The van der Waals surface area contributed by atoms with Gasteiger partial charge in [0.2, 0.25) is 0 Å². The van der Waals surface area contributed by atoms with Crippen molar-refractivity contribution < 1.29 is 28.9 Å². The van der Waals surface area contributed by atoms with Gasteiger partial charge < -0.3 is 19.3 Å². The first kappa shape index (κ1) is 24.3. The van der Waals surface area contributed by atoms with Gasteiger partial charge in [0.05, 0.1) is 37.1 Å². The maximum absolute atomic E-state index is 13.6. The molecule has 1 atom stereocenters. The van der Waals surface area contributed by atoms with Crippen LogP contribution in [-0.4, -0.2) is 43.1 Å². The standard InChI is InChI=1S/C28H24N2O6S/c1-15-11-12-19-21(13-15)37-28(29-19)30-23(18-9-6-10-20(35-3)26(18)36-4)22(25(32)27(30)33)24(31)16-7-5-8-17(14-16)34-2/h5-14,23,31H,1-4H3/b24-22+. The van der Waals surface area contributed by atoms with Gasteiger partial charge in [-0.2, -0.15) is 0 Å². The first-order valence-electron chi connectivity index (χ1n) is 11.4. The maximum atomic E-state index is 13.6. The average molecular weight is 517 g/mol. The summed E-state index contributed by atoms with van der Waals surface area (Å²) in [5, 5.41) is 11.8. The van der Waals surface area contributed by atoms with E-state index in [2.05, 4.69) is 4.98 Å². The number of hydrogen-bond donors (Lipinski definition) is 1. The number of carbonyl (C=O) groups is 2. The zero-order chi connectivity index (χ0) is 26.3. The number of ketones is 1. The highest BCUT2D eigenvalue weighted by Gasteiger charge is 2.49. The van der Waals surface area contributed by atoms with E-state index in [9.17, 15) is 14.7 Å². The molecule has 0 spiro atoms. The van der Waals surface area contributed by atoms with Gasteiger partial charge >= 0.3 is 5.91 Å². The lowest BCUT2D eigenvalue weighted by Crippen LogP contribution is -2.29. The van der Waals surface area contributed by atoms with Crippen LogP contribution in [0.1, 0.15) is 22.7 Å². The van der Waals surface area contributed by atoms with E-state index in [4.69, 9.17) is 14.2 Å². The Hall–Kier alpha value is -4.37. The van der Waals surface area contributed by atoms with Gasteiger partial charge in [-0.1, -0.05) is 41.7 Å². The normalized spacial score (nSPS) is 16.9.